The van der Waals surface area contributed by atoms with E-state index < -0.39 is 0 Å². The van der Waals surface area contributed by atoms with Gasteiger partial charge in [-0.1, -0.05) is 137 Å². The Morgan fingerprint density at radius 1 is 0.474 bits per heavy atom. The minimum Gasteiger partial charge on any atom is -0.361 e. The molecule has 22 heteroatoms. The fourth-order valence-corrected chi connectivity index (χ4v) is 16.5. The molecule has 3 atom stereocenters. The average molecular weight is 1420 g/mol. The molecule has 0 amide bonds. The third-order valence-electron chi connectivity index (χ3n) is 18.9. The third kappa shape index (κ3) is 18.0. The summed E-state index contributed by atoms with van der Waals surface area (Å²) in [5.41, 5.74) is 11.1. The molecule has 15 rings (SSSR count). The molecule has 4 N–H and O–H groups in total. The van der Waals surface area contributed by atoms with Crippen LogP contribution >= 0.6 is 49.9 Å². The molecule has 506 valence electrons. The molecule has 97 heavy (non-hydrogen) atoms. The van der Waals surface area contributed by atoms with Gasteiger partial charge in [-0.2, -0.15) is 0 Å². The summed E-state index contributed by atoms with van der Waals surface area (Å²) in [6, 6.07) is 25.2. The molecular weight excluding hydrogens is 1340 g/mol. The Balaban J connectivity index is 0.000000131. The van der Waals surface area contributed by atoms with Gasteiger partial charge in [-0.3, -0.25) is 14.4 Å². The molecule has 0 bridgehead atoms. The van der Waals surface area contributed by atoms with Crippen molar-refractivity contribution in [3.8, 4) is 0 Å². The van der Waals surface area contributed by atoms with Crippen LogP contribution in [0.5, 0.6) is 0 Å². The van der Waals surface area contributed by atoms with E-state index in [2.05, 4.69) is 196 Å². The smallest absolute Gasteiger partial charge is 0.186 e. The van der Waals surface area contributed by atoms with Crippen LogP contribution in [0, 0.1) is 17.8 Å². The highest BCUT2D eigenvalue weighted by Gasteiger charge is 2.26. The Bertz CT molecular complexity index is 4270. The van der Waals surface area contributed by atoms with Gasteiger partial charge in [0, 0.05) is 135 Å². The van der Waals surface area contributed by atoms with Gasteiger partial charge in [0.05, 0.1) is 82.4 Å². The first-order valence-corrected chi connectivity index (χ1v) is 37.8. The number of hydrogen-bond acceptors (Lipinski definition) is 15. The number of hydrogen-bond donors (Lipinski definition) is 4. The predicted molar refractivity (Wildman–Crippen MR) is 396 cm³/mol. The highest BCUT2D eigenvalue weighted by Crippen LogP contribution is 2.34. The lowest BCUT2D eigenvalue weighted by atomic mass is 9.89. The number of carbonyl (C=O) groups excluding carboxylic acids is 3. The molecule has 0 aliphatic carbocycles. The van der Waals surface area contributed by atoms with E-state index in [9.17, 15) is 14.4 Å². The van der Waals surface area contributed by atoms with Crippen molar-refractivity contribution in [2.45, 2.75) is 156 Å². The van der Waals surface area contributed by atoms with Crippen LogP contribution in [0.4, 0.5) is 10.3 Å². The molecule has 3 aromatic carbocycles. The van der Waals surface area contributed by atoms with Crippen molar-refractivity contribution in [1.82, 2.24) is 63.9 Å². The number of para-hydroxylation sites is 3. The minimum absolute atomic E-state index is 0.208. The second-order valence-corrected chi connectivity index (χ2v) is 30.2. The zero-order valence-corrected chi connectivity index (χ0v) is 59.8. The maximum atomic E-state index is 13.2. The third-order valence-corrected chi connectivity index (χ3v) is 22.6. The Morgan fingerprint density at radius 2 is 0.856 bits per heavy atom. The van der Waals surface area contributed by atoms with Crippen LogP contribution in [-0.4, -0.2) is 95.5 Å². The zero-order valence-electron chi connectivity index (χ0n) is 55.8. The van der Waals surface area contributed by atoms with Crippen LogP contribution in [-0.2, 0) is 58.5 Å². The summed E-state index contributed by atoms with van der Waals surface area (Å²) in [5, 5.41) is 8.94. The summed E-state index contributed by atoms with van der Waals surface area (Å²) in [5.74, 6) is 1.71. The van der Waals surface area contributed by atoms with Gasteiger partial charge in [0.1, 0.15) is 0 Å². The Morgan fingerprint density at radius 3 is 1.25 bits per heavy atom. The second-order valence-electron chi connectivity index (χ2n) is 25.8. The monoisotopic (exact) mass is 1420 g/mol. The van der Waals surface area contributed by atoms with Crippen molar-refractivity contribution >= 4 is 110 Å². The largest absolute Gasteiger partial charge is 0.361 e. The number of rotatable bonds is 26. The number of Topliss-reactive ketones (excluding diaryl/α,β-unsaturated/α-hetero) is 3. The molecule has 0 radical (unpaired) electrons. The normalized spacial score (nSPS) is 14.4. The summed E-state index contributed by atoms with van der Waals surface area (Å²) in [4.78, 5) is 81.7. The van der Waals surface area contributed by atoms with Gasteiger partial charge in [0.25, 0.3) is 0 Å². The predicted octanol–water partition coefficient (Wildman–Crippen LogP) is 16.9. The molecule has 3 aliphatic heterocycles. The fraction of sp³-hybridized carbons (Fsp3) is 0.400. The Kier molecular flexibility index (Phi) is 24.0. The van der Waals surface area contributed by atoms with Crippen LogP contribution in [0.3, 0.4) is 0 Å². The van der Waals surface area contributed by atoms with Gasteiger partial charge in [-0.15, -0.1) is 11.3 Å². The van der Waals surface area contributed by atoms with E-state index in [1.54, 1.807) is 18.6 Å². The van der Waals surface area contributed by atoms with E-state index in [0.29, 0.717) is 37.0 Å². The highest BCUT2D eigenvalue weighted by atomic mass is 79.9. The van der Waals surface area contributed by atoms with Crippen molar-refractivity contribution in [1.29, 1.82) is 0 Å². The first-order valence-electron chi connectivity index (χ1n) is 34.5. The van der Waals surface area contributed by atoms with Crippen LogP contribution in [0.1, 0.15) is 161 Å². The average Bonchev–Trinajstić information content (AvgIpc) is 1.74. The number of nitrogens with one attached hydrogen (secondary N) is 4. The molecule has 0 fully saturated rings. The van der Waals surface area contributed by atoms with E-state index in [1.807, 2.05) is 43.6 Å². The topological polar surface area (TPSA) is 209 Å². The maximum Gasteiger partial charge on any atom is 0.186 e. The van der Waals surface area contributed by atoms with E-state index in [0.717, 1.165) is 176 Å². The number of carbonyl (C=O) groups is 3. The number of fused-ring (bicyclic) bond motifs is 6. The zero-order chi connectivity index (χ0) is 66.9. The lowest BCUT2D eigenvalue weighted by molar-refractivity contribution is 0.0953. The number of thiazole rings is 3. The number of halogens is 1. The molecule has 12 heterocycles. The fourth-order valence-electron chi connectivity index (χ4n) is 13.5. The lowest BCUT2D eigenvalue weighted by Gasteiger charge is -2.27. The number of benzene rings is 3. The van der Waals surface area contributed by atoms with Gasteiger partial charge in [0.2, 0.25) is 0 Å². The molecule has 9 aromatic heterocycles. The van der Waals surface area contributed by atoms with Gasteiger partial charge in [-0.25, -0.2) is 29.9 Å². The quantitative estimate of drug-likeness (QED) is 0.0373. The first-order chi connectivity index (χ1) is 47.6. The number of ketones is 3. The summed E-state index contributed by atoms with van der Waals surface area (Å²) < 4.78 is 7.31. The van der Waals surface area contributed by atoms with Gasteiger partial charge in [0.15, 0.2) is 31.5 Å². The summed E-state index contributed by atoms with van der Waals surface area (Å²) in [6.45, 7) is 14.9. The Hall–Kier alpha value is -8.15. The molecular formula is C75H88BrN15O3S3. The number of imidazole rings is 3. The molecule has 0 saturated heterocycles. The maximum absolute atomic E-state index is 13.2. The highest BCUT2D eigenvalue weighted by molar-refractivity contribution is 9.11. The van der Waals surface area contributed by atoms with Crippen molar-refractivity contribution in [3.63, 3.8) is 0 Å². The molecule has 3 unspecified atom stereocenters. The lowest BCUT2D eigenvalue weighted by Crippen LogP contribution is -2.32. The van der Waals surface area contributed by atoms with Crippen molar-refractivity contribution in [3.05, 3.63) is 200 Å². The van der Waals surface area contributed by atoms with Crippen LogP contribution in [0.2, 0.25) is 0 Å². The number of aromatic amines is 3. The van der Waals surface area contributed by atoms with Crippen LogP contribution < -0.4 is 15.1 Å². The molecule has 18 nitrogen and oxygen atoms in total. The molecule has 0 spiro atoms. The van der Waals surface area contributed by atoms with Gasteiger partial charge < -0.3 is 43.8 Å². The van der Waals surface area contributed by atoms with Crippen molar-refractivity contribution in [2.75, 3.05) is 29.4 Å². The number of anilines is 2. The number of H-pyrrole nitrogens is 3. The number of nitrogens with zero attached hydrogens (tertiary/aromatic N) is 11. The molecule has 12 aromatic rings. The SMILES string of the molecule is CCCCC(CC(=O)c1cnc(Br)s1)Cc1c[nH]c2ccccc12.CCCCC(CC(=O)c1cnc(N2CCn3cncc3C2)s1)Cc1c[nH]c2ccccc12.CCCCC(CC(=O)c1cnc(N2CCn3cncc3C2)s1)Cc1c[nH]c2ccccc12.c1ncn2c1CNCC2. The van der Waals surface area contributed by atoms with E-state index in [-0.39, 0.29) is 17.3 Å². The number of aromatic nitrogens is 12. The van der Waals surface area contributed by atoms with Crippen molar-refractivity contribution < 1.29 is 14.4 Å². The van der Waals surface area contributed by atoms with Gasteiger partial charge in [-0.05, 0) is 107 Å². The van der Waals surface area contributed by atoms with Crippen LogP contribution in [0.15, 0.2) is 151 Å². The van der Waals surface area contributed by atoms with E-state index in [4.69, 9.17) is 0 Å². The summed E-state index contributed by atoms with van der Waals surface area (Å²) in [7, 11) is 0. The Labute approximate surface area is 588 Å². The minimum atomic E-state index is 0.208. The summed E-state index contributed by atoms with van der Waals surface area (Å²) >= 11 is 7.82. The standard InChI is InChI=1S/2C25H29N5OS.C19H21BrN2OS.C6H9N3/c2*1-2-3-6-18(11-19-13-27-22-8-5-4-7-21(19)22)12-23(31)24-15-28-25(32-24)29-9-10-30-17-26-14-20(30)16-29;1-2-3-6-13(10-17(23)18-12-22-19(20)24-18)9-14-11-21-16-8-5-4-7-15(14)16;1-2-9-5-8-4-6(9)3-7-1/h2*4-5,7-8,13-15,17-18,27H,2-3,6,9-12,16H2,1H3;4-5,7-8,11-13,21H,2-3,6,9-10H2,1H3;4-5,7H,1-3H2. The second kappa shape index (κ2) is 33.9. The molecule has 3 aliphatic rings. The van der Waals surface area contributed by atoms with Gasteiger partial charge >= 0.3 is 0 Å². The van der Waals surface area contributed by atoms with Crippen molar-refractivity contribution in [2.24, 2.45) is 17.8 Å². The molecule has 0 saturated carbocycles. The number of unbranched alkanes of at least 4 members (excludes halogenated alkanes) is 3. The van der Waals surface area contributed by atoms with E-state index in [1.165, 1.54) is 89.5 Å². The first kappa shape index (κ1) is 68.8. The van der Waals surface area contributed by atoms with E-state index >= 15 is 0 Å². The summed E-state index contributed by atoms with van der Waals surface area (Å²) in [6.07, 6.45) is 37.6. The van der Waals surface area contributed by atoms with Crippen LogP contribution in [0.25, 0.3) is 32.7 Å².